The van der Waals surface area contributed by atoms with Crippen LogP contribution in [0.15, 0.2) is 0 Å². The second-order valence-corrected chi connectivity index (χ2v) is 7.65. The van der Waals surface area contributed by atoms with Crippen LogP contribution in [0.25, 0.3) is 0 Å². The number of aliphatic hydroxyl groups is 1. The first-order chi connectivity index (χ1) is 8.61. The molecule has 0 heterocycles. The molecule has 1 fully saturated rings. The molecule has 0 aliphatic heterocycles. The van der Waals surface area contributed by atoms with Crippen LogP contribution >= 0.6 is 0 Å². The molecule has 1 aliphatic carbocycles. The van der Waals surface area contributed by atoms with E-state index in [1.165, 1.54) is 0 Å². The van der Waals surface area contributed by atoms with Gasteiger partial charge in [-0.1, -0.05) is 13.8 Å². The summed E-state index contributed by atoms with van der Waals surface area (Å²) in [5, 5.41) is 12.5. The van der Waals surface area contributed by atoms with Gasteiger partial charge in [-0.3, -0.25) is 4.79 Å². The summed E-state index contributed by atoms with van der Waals surface area (Å²) in [6.07, 6.45) is 3.79. The molecule has 1 unspecified atom stereocenters. The van der Waals surface area contributed by atoms with Crippen molar-refractivity contribution in [1.29, 1.82) is 0 Å². The maximum Gasteiger partial charge on any atom is 0.238 e. The van der Waals surface area contributed by atoms with Crippen molar-refractivity contribution in [1.82, 2.24) is 10.0 Å². The maximum absolute atomic E-state index is 12.0. The van der Waals surface area contributed by atoms with Gasteiger partial charge in [0.1, 0.15) is 6.04 Å². The number of carbonyl (C=O) groups is 1. The summed E-state index contributed by atoms with van der Waals surface area (Å²) in [7, 11) is -3.43. The molecule has 1 saturated carbocycles. The largest absolute Gasteiger partial charge is 0.388 e. The predicted molar refractivity (Wildman–Crippen MR) is 73.0 cm³/mol. The van der Waals surface area contributed by atoms with Gasteiger partial charge in [0.2, 0.25) is 15.9 Å². The van der Waals surface area contributed by atoms with Crippen LogP contribution in [0.2, 0.25) is 0 Å². The molecule has 3 N–H and O–H groups in total. The average molecular weight is 292 g/mol. The van der Waals surface area contributed by atoms with E-state index < -0.39 is 21.7 Å². The van der Waals surface area contributed by atoms with E-state index in [2.05, 4.69) is 10.0 Å². The van der Waals surface area contributed by atoms with Crippen LogP contribution in [0.4, 0.5) is 0 Å². The van der Waals surface area contributed by atoms with Crippen LogP contribution in [-0.4, -0.2) is 43.9 Å². The van der Waals surface area contributed by atoms with Crippen molar-refractivity contribution in [3.05, 3.63) is 0 Å². The van der Waals surface area contributed by atoms with Crippen LogP contribution in [0.1, 0.15) is 39.5 Å². The van der Waals surface area contributed by atoms with E-state index in [4.69, 9.17) is 0 Å². The summed E-state index contributed by atoms with van der Waals surface area (Å²) >= 11 is 0. The third-order valence-electron chi connectivity index (χ3n) is 3.26. The molecule has 1 atom stereocenters. The van der Waals surface area contributed by atoms with Crippen LogP contribution in [0, 0.1) is 5.92 Å². The molecule has 112 valence electrons. The third kappa shape index (κ3) is 5.88. The Morgan fingerprint density at radius 2 is 1.95 bits per heavy atom. The van der Waals surface area contributed by atoms with Gasteiger partial charge in [-0.15, -0.1) is 0 Å². The molecule has 6 nitrogen and oxygen atoms in total. The van der Waals surface area contributed by atoms with Gasteiger partial charge < -0.3 is 10.4 Å². The van der Waals surface area contributed by atoms with Crippen LogP contribution < -0.4 is 10.0 Å². The van der Waals surface area contributed by atoms with Gasteiger partial charge in [0.25, 0.3) is 0 Å². The Kier molecular flexibility index (Phi) is 5.34. The molecular formula is C12H24N2O4S. The highest BCUT2D eigenvalue weighted by molar-refractivity contribution is 7.88. The molecule has 0 bridgehead atoms. The van der Waals surface area contributed by atoms with E-state index in [1.54, 1.807) is 0 Å². The Labute approximate surface area is 115 Å². The van der Waals surface area contributed by atoms with E-state index in [9.17, 15) is 18.3 Å². The van der Waals surface area contributed by atoms with Gasteiger partial charge in [0, 0.05) is 6.54 Å². The Morgan fingerprint density at radius 3 is 2.32 bits per heavy atom. The third-order valence-corrected chi connectivity index (χ3v) is 3.97. The quantitative estimate of drug-likeness (QED) is 0.614. The molecule has 0 spiro atoms. The summed E-state index contributed by atoms with van der Waals surface area (Å²) in [5.74, 6) is -0.184. The highest BCUT2D eigenvalue weighted by Crippen LogP contribution is 2.30. The average Bonchev–Trinajstić information content (AvgIpc) is 2.19. The minimum Gasteiger partial charge on any atom is -0.388 e. The first-order valence-corrected chi connectivity index (χ1v) is 8.48. The smallest absolute Gasteiger partial charge is 0.238 e. The van der Waals surface area contributed by atoms with Crippen LogP contribution in [0.3, 0.4) is 0 Å². The molecule has 1 rings (SSSR count). The highest BCUT2D eigenvalue weighted by Gasteiger charge is 2.35. The van der Waals surface area contributed by atoms with Crippen molar-refractivity contribution < 1.29 is 18.3 Å². The van der Waals surface area contributed by atoms with Gasteiger partial charge in [-0.05, 0) is 31.6 Å². The standard InChI is InChI=1S/C12H24N2O4S/c1-9(2)7-10(14-19(3,17)18)11(15)13-8-12(16)5-4-6-12/h9-10,14,16H,4-8H2,1-3H3,(H,13,15). The van der Waals surface area contributed by atoms with Crippen molar-refractivity contribution in [3.8, 4) is 0 Å². The Hall–Kier alpha value is -0.660. The Bertz CT molecular complexity index is 415. The van der Waals surface area contributed by atoms with E-state index in [0.717, 1.165) is 12.7 Å². The molecule has 0 saturated heterocycles. The van der Waals surface area contributed by atoms with Crippen molar-refractivity contribution in [3.63, 3.8) is 0 Å². The lowest BCUT2D eigenvalue weighted by Crippen LogP contribution is -2.53. The number of amides is 1. The molecular weight excluding hydrogens is 268 g/mol. The van der Waals surface area contributed by atoms with Crippen LogP contribution in [0.5, 0.6) is 0 Å². The fourth-order valence-electron chi connectivity index (χ4n) is 2.07. The van der Waals surface area contributed by atoms with E-state index >= 15 is 0 Å². The molecule has 1 aliphatic rings. The minimum atomic E-state index is -3.43. The first-order valence-electron chi connectivity index (χ1n) is 6.59. The van der Waals surface area contributed by atoms with Crippen molar-refractivity contribution >= 4 is 15.9 Å². The highest BCUT2D eigenvalue weighted by atomic mass is 32.2. The number of carbonyl (C=O) groups excluding carboxylic acids is 1. The zero-order valence-electron chi connectivity index (χ0n) is 11.8. The molecule has 0 aromatic heterocycles. The summed E-state index contributed by atoms with van der Waals surface area (Å²) in [4.78, 5) is 12.0. The SMILES string of the molecule is CC(C)CC(NS(C)(=O)=O)C(=O)NCC1(O)CCC1. The van der Waals surface area contributed by atoms with Crippen molar-refractivity contribution in [2.24, 2.45) is 5.92 Å². The predicted octanol–water partition coefficient (Wildman–Crippen LogP) is -0.0185. The van der Waals surface area contributed by atoms with E-state index in [0.29, 0.717) is 19.3 Å². The molecule has 0 radical (unpaired) electrons. The number of hydrogen-bond acceptors (Lipinski definition) is 4. The molecule has 7 heteroatoms. The lowest BCUT2D eigenvalue weighted by molar-refractivity contribution is -0.125. The van der Waals surface area contributed by atoms with Crippen LogP contribution in [-0.2, 0) is 14.8 Å². The van der Waals surface area contributed by atoms with Gasteiger partial charge >= 0.3 is 0 Å². The van der Waals surface area contributed by atoms with Crippen molar-refractivity contribution in [2.45, 2.75) is 51.2 Å². The topological polar surface area (TPSA) is 95.5 Å². The summed E-state index contributed by atoms with van der Waals surface area (Å²) in [6.45, 7) is 4.03. The molecule has 0 aromatic carbocycles. The summed E-state index contributed by atoms with van der Waals surface area (Å²) in [5.41, 5.74) is -0.802. The number of hydrogen-bond donors (Lipinski definition) is 3. The number of rotatable bonds is 7. The fraction of sp³-hybridized carbons (Fsp3) is 0.917. The summed E-state index contributed by atoms with van der Waals surface area (Å²) < 4.78 is 24.8. The van der Waals surface area contributed by atoms with E-state index in [1.807, 2.05) is 13.8 Å². The molecule has 0 aromatic rings. The minimum absolute atomic E-state index is 0.186. The number of nitrogens with one attached hydrogen (secondary N) is 2. The first kappa shape index (κ1) is 16.4. The summed E-state index contributed by atoms with van der Waals surface area (Å²) in [6, 6.07) is -0.779. The normalized spacial score (nSPS) is 19.8. The van der Waals surface area contributed by atoms with Gasteiger partial charge in [0.05, 0.1) is 11.9 Å². The molecule has 19 heavy (non-hydrogen) atoms. The zero-order chi connectivity index (χ0) is 14.7. The van der Waals surface area contributed by atoms with Gasteiger partial charge in [-0.2, -0.15) is 0 Å². The Balaban J connectivity index is 2.55. The lowest BCUT2D eigenvalue weighted by Gasteiger charge is -2.37. The molecule has 1 amide bonds. The van der Waals surface area contributed by atoms with Gasteiger partial charge in [0.15, 0.2) is 0 Å². The van der Waals surface area contributed by atoms with Crippen molar-refractivity contribution in [2.75, 3.05) is 12.8 Å². The monoisotopic (exact) mass is 292 g/mol. The number of sulfonamides is 1. The lowest BCUT2D eigenvalue weighted by atomic mass is 9.80. The second-order valence-electron chi connectivity index (χ2n) is 5.87. The van der Waals surface area contributed by atoms with Gasteiger partial charge in [-0.25, -0.2) is 13.1 Å². The van der Waals surface area contributed by atoms with E-state index in [-0.39, 0.29) is 18.4 Å². The second kappa shape index (κ2) is 6.19. The maximum atomic E-state index is 12.0. The Morgan fingerprint density at radius 1 is 1.37 bits per heavy atom. The fourth-order valence-corrected chi connectivity index (χ4v) is 2.80. The zero-order valence-corrected chi connectivity index (χ0v) is 12.6.